The minimum absolute atomic E-state index is 0.230. The molecule has 3 aromatic rings. The van der Waals surface area contributed by atoms with Gasteiger partial charge in [0.2, 0.25) is 5.91 Å². The van der Waals surface area contributed by atoms with Crippen LogP contribution in [-0.2, 0) is 24.8 Å². The van der Waals surface area contributed by atoms with Gasteiger partial charge in [0, 0.05) is 69.3 Å². The Morgan fingerprint density at radius 1 is 1.08 bits per heavy atom. The molecular formula is C20H25N5O. The molecule has 1 saturated heterocycles. The Bertz CT molecular complexity index is 875. The summed E-state index contributed by atoms with van der Waals surface area (Å²) in [6.45, 7) is 5.36. The van der Waals surface area contributed by atoms with Crippen molar-refractivity contribution in [3.05, 3.63) is 54.5 Å². The van der Waals surface area contributed by atoms with E-state index < -0.39 is 0 Å². The van der Waals surface area contributed by atoms with Gasteiger partial charge in [0.1, 0.15) is 0 Å². The number of amides is 1. The quantitative estimate of drug-likeness (QED) is 0.704. The third-order valence-electron chi connectivity index (χ3n) is 5.25. The average molecular weight is 351 g/mol. The van der Waals surface area contributed by atoms with Crippen LogP contribution in [0.3, 0.4) is 0 Å². The van der Waals surface area contributed by atoms with Crippen molar-refractivity contribution >= 4 is 16.8 Å². The average Bonchev–Trinajstić information content (AvgIpc) is 3.29. The summed E-state index contributed by atoms with van der Waals surface area (Å²) in [5.74, 6) is 0.230. The van der Waals surface area contributed by atoms with E-state index in [1.807, 2.05) is 47.2 Å². The van der Waals surface area contributed by atoms with Crippen molar-refractivity contribution in [2.75, 3.05) is 32.7 Å². The number of aryl methyl sites for hydroxylation is 1. The first kappa shape index (κ1) is 16.8. The zero-order chi connectivity index (χ0) is 17.9. The van der Waals surface area contributed by atoms with Crippen LogP contribution in [0.1, 0.15) is 5.56 Å². The normalized spacial score (nSPS) is 15.7. The molecule has 6 heteroatoms. The molecule has 0 atom stereocenters. The second-order valence-corrected chi connectivity index (χ2v) is 6.95. The lowest BCUT2D eigenvalue weighted by Crippen LogP contribution is -2.49. The number of piperazine rings is 1. The summed E-state index contributed by atoms with van der Waals surface area (Å²) in [5.41, 5.74) is 2.30. The number of fused-ring (bicyclic) bond motifs is 1. The molecule has 3 heterocycles. The molecule has 1 aliphatic rings. The van der Waals surface area contributed by atoms with Crippen LogP contribution in [0.25, 0.3) is 10.9 Å². The minimum atomic E-state index is 0.230. The maximum Gasteiger partial charge on any atom is 0.227 e. The maximum absolute atomic E-state index is 12.8. The van der Waals surface area contributed by atoms with Gasteiger partial charge in [-0.15, -0.1) is 0 Å². The summed E-state index contributed by atoms with van der Waals surface area (Å²) in [5, 5.41) is 5.42. The molecule has 0 bridgehead atoms. The van der Waals surface area contributed by atoms with Gasteiger partial charge in [0.25, 0.3) is 0 Å². The van der Waals surface area contributed by atoms with Gasteiger partial charge in [-0.3, -0.25) is 14.4 Å². The molecule has 1 aliphatic heterocycles. The third kappa shape index (κ3) is 3.51. The zero-order valence-electron chi connectivity index (χ0n) is 15.2. The Labute approximate surface area is 153 Å². The molecule has 0 unspecified atom stereocenters. The fourth-order valence-electron chi connectivity index (χ4n) is 3.74. The van der Waals surface area contributed by atoms with Crippen molar-refractivity contribution < 1.29 is 4.79 Å². The van der Waals surface area contributed by atoms with Gasteiger partial charge in [-0.05, 0) is 17.7 Å². The molecule has 1 amide bonds. The number of rotatable bonds is 5. The van der Waals surface area contributed by atoms with Gasteiger partial charge < -0.3 is 9.47 Å². The predicted molar refractivity (Wildman–Crippen MR) is 102 cm³/mol. The lowest BCUT2D eigenvalue weighted by molar-refractivity contribution is -0.132. The van der Waals surface area contributed by atoms with E-state index in [0.717, 1.165) is 44.8 Å². The monoisotopic (exact) mass is 351 g/mol. The van der Waals surface area contributed by atoms with Crippen molar-refractivity contribution in [2.24, 2.45) is 7.05 Å². The van der Waals surface area contributed by atoms with Crippen molar-refractivity contribution in [1.29, 1.82) is 0 Å². The van der Waals surface area contributed by atoms with Gasteiger partial charge in [-0.1, -0.05) is 18.2 Å². The predicted octanol–water partition coefficient (Wildman–Crippen LogP) is 1.76. The number of aromatic nitrogens is 3. The van der Waals surface area contributed by atoms with E-state index in [2.05, 4.69) is 32.9 Å². The molecule has 1 aromatic carbocycles. The number of nitrogens with zero attached hydrogens (tertiary/aromatic N) is 5. The smallest absolute Gasteiger partial charge is 0.227 e. The van der Waals surface area contributed by atoms with E-state index in [4.69, 9.17) is 0 Å². The summed E-state index contributed by atoms with van der Waals surface area (Å²) < 4.78 is 4.06. The van der Waals surface area contributed by atoms with Gasteiger partial charge in [0.15, 0.2) is 0 Å². The first-order valence-corrected chi connectivity index (χ1v) is 9.21. The van der Waals surface area contributed by atoms with Gasteiger partial charge >= 0.3 is 0 Å². The highest BCUT2D eigenvalue weighted by atomic mass is 16.2. The van der Waals surface area contributed by atoms with Crippen LogP contribution < -0.4 is 0 Å². The molecule has 4 rings (SSSR count). The second-order valence-electron chi connectivity index (χ2n) is 6.95. The maximum atomic E-state index is 12.8. The molecule has 6 nitrogen and oxygen atoms in total. The highest BCUT2D eigenvalue weighted by Crippen LogP contribution is 2.21. The molecule has 0 N–H and O–H groups in total. The van der Waals surface area contributed by atoms with Crippen LogP contribution in [0, 0.1) is 0 Å². The van der Waals surface area contributed by atoms with Gasteiger partial charge in [-0.25, -0.2) is 0 Å². The molecule has 26 heavy (non-hydrogen) atoms. The van der Waals surface area contributed by atoms with Gasteiger partial charge in [-0.2, -0.15) is 5.10 Å². The van der Waals surface area contributed by atoms with Crippen LogP contribution >= 0.6 is 0 Å². The Morgan fingerprint density at radius 2 is 1.88 bits per heavy atom. The number of carbonyl (C=O) groups is 1. The summed E-state index contributed by atoms with van der Waals surface area (Å²) in [4.78, 5) is 17.2. The third-order valence-corrected chi connectivity index (χ3v) is 5.25. The summed E-state index contributed by atoms with van der Waals surface area (Å²) in [6.07, 6.45) is 6.37. The van der Waals surface area contributed by atoms with Gasteiger partial charge in [0.05, 0.1) is 13.0 Å². The van der Waals surface area contributed by atoms with E-state index in [1.165, 1.54) is 10.9 Å². The summed E-state index contributed by atoms with van der Waals surface area (Å²) in [7, 11) is 2.04. The lowest BCUT2D eigenvalue weighted by Gasteiger charge is -2.34. The Balaban J connectivity index is 1.32. The molecule has 2 aromatic heterocycles. The summed E-state index contributed by atoms with van der Waals surface area (Å²) >= 11 is 0. The van der Waals surface area contributed by atoms with Crippen LogP contribution in [0.2, 0.25) is 0 Å². The number of carbonyl (C=O) groups excluding carboxylic acids is 1. The second kappa shape index (κ2) is 7.33. The zero-order valence-corrected chi connectivity index (χ0v) is 15.2. The first-order valence-electron chi connectivity index (χ1n) is 9.21. The van der Waals surface area contributed by atoms with Crippen LogP contribution in [0.5, 0.6) is 0 Å². The summed E-state index contributed by atoms with van der Waals surface area (Å²) in [6, 6.07) is 10.2. The van der Waals surface area contributed by atoms with Crippen molar-refractivity contribution in [3.8, 4) is 0 Å². The Kier molecular flexibility index (Phi) is 4.75. The Morgan fingerprint density at radius 3 is 2.65 bits per heavy atom. The van der Waals surface area contributed by atoms with E-state index in [-0.39, 0.29) is 5.91 Å². The van der Waals surface area contributed by atoms with E-state index >= 15 is 0 Å². The van der Waals surface area contributed by atoms with E-state index in [0.29, 0.717) is 6.42 Å². The largest absolute Gasteiger partial charge is 0.350 e. The van der Waals surface area contributed by atoms with Crippen molar-refractivity contribution in [3.63, 3.8) is 0 Å². The fraction of sp³-hybridized carbons (Fsp3) is 0.400. The number of para-hydroxylation sites is 1. The van der Waals surface area contributed by atoms with Crippen molar-refractivity contribution in [1.82, 2.24) is 24.1 Å². The SMILES string of the molecule is Cn1cc(CC(=O)N2CCN(CCn3cccn3)CC2)c2ccccc21. The molecule has 0 saturated carbocycles. The van der Waals surface area contributed by atoms with Crippen LogP contribution in [0.4, 0.5) is 0 Å². The Hall–Kier alpha value is -2.60. The lowest BCUT2D eigenvalue weighted by atomic mass is 10.1. The van der Waals surface area contributed by atoms with Crippen LogP contribution in [-0.4, -0.2) is 62.8 Å². The number of benzene rings is 1. The molecule has 136 valence electrons. The highest BCUT2D eigenvalue weighted by Gasteiger charge is 2.22. The fourth-order valence-corrected chi connectivity index (χ4v) is 3.74. The first-order chi connectivity index (χ1) is 12.7. The minimum Gasteiger partial charge on any atom is -0.350 e. The number of hydrogen-bond donors (Lipinski definition) is 0. The number of hydrogen-bond acceptors (Lipinski definition) is 3. The standard InChI is InChI=1S/C20H25N5O/c1-22-16-17(18-5-2-3-6-19(18)22)15-20(26)24-12-9-23(10-13-24)11-14-25-8-4-7-21-25/h2-8,16H,9-15H2,1H3. The highest BCUT2D eigenvalue weighted by molar-refractivity contribution is 5.89. The molecule has 0 radical (unpaired) electrons. The van der Waals surface area contributed by atoms with E-state index in [1.54, 1.807) is 0 Å². The van der Waals surface area contributed by atoms with E-state index in [9.17, 15) is 4.79 Å². The van der Waals surface area contributed by atoms with Crippen molar-refractivity contribution in [2.45, 2.75) is 13.0 Å². The molecule has 0 spiro atoms. The topological polar surface area (TPSA) is 46.3 Å². The molecular weight excluding hydrogens is 326 g/mol. The molecule has 0 aliphatic carbocycles. The molecule has 1 fully saturated rings. The van der Waals surface area contributed by atoms with Crippen LogP contribution in [0.15, 0.2) is 48.9 Å².